The number of anilines is 1. The highest BCUT2D eigenvalue weighted by Gasteiger charge is 2.23. The summed E-state index contributed by atoms with van der Waals surface area (Å²) in [5.41, 5.74) is 1.94. The fourth-order valence-corrected chi connectivity index (χ4v) is 4.00. The van der Waals surface area contributed by atoms with Crippen LogP contribution in [0.15, 0.2) is 58.7 Å². The Morgan fingerprint density at radius 1 is 1.03 bits per heavy atom. The van der Waals surface area contributed by atoms with E-state index in [0.29, 0.717) is 23.4 Å². The summed E-state index contributed by atoms with van der Waals surface area (Å²) in [5.74, 6) is -1.49. The van der Waals surface area contributed by atoms with Gasteiger partial charge in [0.2, 0.25) is 0 Å². The van der Waals surface area contributed by atoms with Gasteiger partial charge in [-0.15, -0.1) is 0 Å². The highest BCUT2D eigenvalue weighted by molar-refractivity contribution is 6.34. The number of rotatable bonds is 12. The molecule has 1 aliphatic rings. The number of amides is 2. The molecule has 0 unspecified atom stereocenters. The minimum atomic E-state index is -0.504. The van der Waals surface area contributed by atoms with Gasteiger partial charge in [0.15, 0.2) is 5.78 Å². The summed E-state index contributed by atoms with van der Waals surface area (Å²) >= 11 is 5.97. The summed E-state index contributed by atoms with van der Waals surface area (Å²) < 4.78 is 13.2. The Balaban J connectivity index is 1.53. The van der Waals surface area contributed by atoms with Gasteiger partial charge in [0.1, 0.15) is 11.5 Å². The first kappa shape index (κ1) is 27.2. The molecule has 2 aromatic rings. The molecule has 3 rings (SSSR count). The number of benzene rings is 2. The number of nitrogens with zero attached hydrogens (tertiary/aromatic N) is 2. The van der Waals surface area contributed by atoms with Gasteiger partial charge in [0.05, 0.1) is 10.6 Å². The molecule has 36 heavy (non-hydrogen) atoms. The zero-order chi connectivity index (χ0) is 26.1. The third-order valence-electron chi connectivity index (χ3n) is 5.67. The van der Waals surface area contributed by atoms with Gasteiger partial charge in [-0.3, -0.25) is 19.4 Å². The first-order chi connectivity index (χ1) is 17.2. The number of hydrogen-bond donors (Lipinski definition) is 2. The quantitative estimate of drug-likeness (QED) is 0.325. The number of nitrogens with one attached hydrogen (secondary N) is 2. The van der Waals surface area contributed by atoms with E-state index in [9.17, 15) is 18.8 Å². The van der Waals surface area contributed by atoms with E-state index in [-0.39, 0.29) is 40.8 Å². The van der Waals surface area contributed by atoms with Crippen molar-refractivity contribution in [3.05, 3.63) is 75.7 Å². The van der Waals surface area contributed by atoms with Crippen LogP contribution in [0, 0.1) is 5.82 Å². The van der Waals surface area contributed by atoms with Gasteiger partial charge in [-0.05, 0) is 69.4 Å². The summed E-state index contributed by atoms with van der Waals surface area (Å²) in [5, 5.41) is 5.69. The lowest BCUT2D eigenvalue weighted by Gasteiger charge is -2.10. The van der Waals surface area contributed by atoms with E-state index in [1.54, 1.807) is 30.5 Å². The highest BCUT2D eigenvalue weighted by Crippen LogP contribution is 2.21. The Morgan fingerprint density at radius 2 is 1.78 bits per heavy atom. The number of carbonyl (C=O) groups is 3. The molecular weight excluding hydrogens is 483 g/mol. The minimum absolute atomic E-state index is 0.0695. The first-order valence-corrected chi connectivity index (χ1v) is 12.2. The van der Waals surface area contributed by atoms with E-state index in [1.165, 1.54) is 12.1 Å². The molecule has 7 nitrogen and oxygen atoms in total. The number of halogens is 2. The molecule has 0 aromatic heterocycles. The third-order valence-corrected chi connectivity index (χ3v) is 5.98. The number of hydrogen-bond acceptors (Lipinski definition) is 5. The topological polar surface area (TPSA) is 90.9 Å². The maximum atomic E-state index is 13.2. The molecular formula is C27H30ClFN4O3. The molecule has 190 valence electrons. The average molecular weight is 513 g/mol. The average Bonchev–Trinajstić information content (AvgIpc) is 3.32. The molecule has 2 N–H and O–H groups in total. The van der Waals surface area contributed by atoms with Gasteiger partial charge < -0.3 is 15.5 Å². The predicted molar refractivity (Wildman–Crippen MR) is 140 cm³/mol. The molecule has 2 aromatic carbocycles. The normalized spacial score (nSPS) is 12.8. The summed E-state index contributed by atoms with van der Waals surface area (Å²) in [7, 11) is 4.06. The lowest BCUT2D eigenvalue weighted by molar-refractivity contribution is -0.118. The zero-order valence-electron chi connectivity index (χ0n) is 20.4. The largest absolute Gasteiger partial charge is 0.351 e. The molecule has 0 bridgehead atoms. The fourth-order valence-electron chi connectivity index (χ4n) is 3.72. The Labute approximate surface area is 215 Å². The van der Waals surface area contributed by atoms with Crippen molar-refractivity contribution in [1.82, 2.24) is 10.2 Å². The summed E-state index contributed by atoms with van der Waals surface area (Å²) in [6.45, 7) is 1.54. The van der Waals surface area contributed by atoms with Crippen LogP contribution in [-0.4, -0.2) is 55.9 Å². The first-order valence-electron chi connectivity index (χ1n) is 11.8. The van der Waals surface area contributed by atoms with Gasteiger partial charge in [-0.1, -0.05) is 30.2 Å². The molecule has 0 fully saturated rings. The van der Waals surface area contributed by atoms with Crippen molar-refractivity contribution < 1.29 is 18.8 Å². The van der Waals surface area contributed by atoms with Crippen molar-refractivity contribution >= 4 is 41.1 Å². The fraction of sp³-hybridized carbons (Fsp3) is 0.333. The summed E-state index contributed by atoms with van der Waals surface area (Å²) in [6, 6.07) is 10.5. The van der Waals surface area contributed by atoms with Crippen LogP contribution >= 0.6 is 11.6 Å². The Hall–Kier alpha value is -3.36. The molecule has 0 saturated carbocycles. The molecule has 1 aliphatic heterocycles. The lowest BCUT2D eigenvalue weighted by Crippen LogP contribution is -2.27. The van der Waals surface area contributed by atoms with Gasteiger partial charge in [-0.2, -0.15) is 0 Å². The van der Waals surface area contributed by atoms with Gasteiger partial charge in [0, 0.05) is 36.9 Å². The second kappa shape index (κ2) is 13.1. The molecule has 2 amide bonds. The van der Waals surface area contributed by atoms with Crippen molar-refractivity contribution in [3.63, 3.8) is 0 Å². The second-order valence-electron chi connectivity index (χ2n) is 8.84. The highest BCUT2D eigenvalue weighted by atomic mass is 35.5. The molecule has 9 heteroatoms. The minimum Gasteiger partial charge on any atom is -0.351 e. The molecule has 0 aliphatic carbocycles. The Morgan fingerprint density at radius 3 is 2.47 bits per heavy atom. The Bertz CT molecular complexity index is 1180. The van der Waals surface area contributed by atoms with E-state index in [0.717, 1.165) is 31.9 Å². The van der Waals surface area contributed by atoms with Crippen LogP contribution in [-0.2, 0) is 16.0 Å². The predicted octanol–water partition coefficient (Wildman–Crippen LogP) is 4.42. The van der Waals surface area contributed by atoms with Crippen molar-refractivity contribution in [1.29, 1.82) is 0 Å². The summed E-state index contributed by atoms with van der Waals surface area (Å²) in [4.78, 5) is 44.0. The monoisotopic (exact) mass is 512 g/mol. The Kier molecular flexibility index (Phi) is 9.90. The zero-order valence-corrected chi connectivity index (χ0v) is 21.2. The maximum Gasteiger partial charge on any atom is 0.270 e. The number of unbranched alkanes of at least 4 members (excludes halogenated alkanes) is 2. The molecule has 0 saturated heterocycles. The molecule has 1 heterocycles. The van der Waals surface area contributed by atoms with Crippen LogP contribution in [0.5, 0.6) is 0 Å². The van der Waals surface area contributed by atoms with Crippen LogP contribution in [0.25, 0.3) is 0 Å². The van der Waals surface area contributed by atoms with Crippen LogP contribution in [0.1, 0.15) is 41.6 Å². The van der Waals surface area contributed by atoms with Crippen LogP contribution in [0.4, 0.5) is 10.1 Å². The smallest absolute Gasteiger partial charge is 0.270 e. The number of ketones is 1. The van der Waals surface area contributed by atoms with E-state index in [2.05, 4.69) is 20.5 Å². The SMILES string of the molecule is CN(C)CCCCCNC(=O)C1=C(C(=O)Nc2ccc(CC(=O)c3ccc(F)cc3Cl)cc2)CC=N1. The number of aliphatic imine (C=N–C) groups is 1. The van der Waals surface area contributed by atoms with Crippen LogP contribution < -0.4 is 10.6 Å². The standard InChI is InChI=1S/C27H30ClFN4O3/c1-33(2)15-5-3-4-13-31-27(36)25-22(12-14-30-25)26(35)32-20-9-6-18(7-10-20)16-24(34)21-11-8-19(29)17-23(21)28/h6-11,14,17H,3-5,12-13,15-16H2,1-2H3,(H,31,36)(H,32,35). The maximum absolute atomic E-state index is 13.2. The van der Waals surface area contributed by atoms with Crippen LogP contribution in [0.3, 0.4) is 0 Å². The second-order valence-corrected chi connectivity index (χ2v) is 9.25. The van der Waals surface area contributed by atoms with Crippen LogP contribution in [0.2, 0.25) is 5.02 Å². The van der Waals surface area contributed by atoms with E-state index >= 15 is 0 Å². The van der Waals surface area contributed by atoms with Crippen molar-refractivity contribution in [3.8, 4) is 0 Å². The lowest BCUT2D eigenvalue weighted by atomic mass is 10.0. The number of Topliss-reactive ketones (excluding diaryl/α,β-unsaturated/α-hetero) is 1. The number of carbonyl (C=O) groups excluding carboxylic acids is 3. The van der Waals surface area contributed by atoms with E-state index in [4.69, 9.17) is 11.6 Å². The third kappa shape index (κ3) is 7.83. The van der Waals surface area contributed by atoms with Crippen molar-refractivity contribution in [2.75, 3.05) is 32.5 Å². The van der Waals surface area contributed by atoms with Crippen molar-refractivity contribution in [2.45, 2.75) is 32.1 Å². The molecule has 0 spiro atoms. The van der Waals surface area contributed by atoms with Crippen molar-refractivity contribution in [2.24, 2.45) is 4.99 Å². The van der Waals surface area contributed by atoms with Gasteiger partial charge in [-0.25, -0.2) is 4.39 Å². The molecule has 0 radical (unpaired) electrons. The summed E-state index contributed by atoms with van der Waals surface area (Å²) in [6.07, 6.45) is 4.84. The van der Waals surface area contributed by atoms with E-state index < -0.39 is 11.7 Å². The molecule has 0 atom stereocenters. The van der Waals surface area contributed by atoms with E-state index in [1.807, 2.05) is 14.1 Å². The van der Waals surface area contributed by atoms with Gasteiger partial charge >= 0.3 is 0 Å². The van der Waals surface area contributed by atoms with Gasteiger partial charge in [0.25, 0.3) is 11.8 Å².